The minimum atomic E-state index is -0.588. The SMILES string of the molecule is CC(=O)[C@@H]1CC(N)CN1F. The summed E-state index contributed by atoms with van der Waals surface area (Å²) in [5, 5.41) is 0.521. The first-order valence-corrected chi connectivity index (χ1v) is 3.29. The summed E-state index contributed by atoms with van der Waals surface area (Å²) in [6.07, 6.45) is 0.450. The van der Waals surface area contributed by atoms with Gasteiger partial charge in [-0.25, -0.2) is 0 Å². The van der Waals surface area contributed by atoms with E-state index in [2.05, 4.69) is 0 Å². The maximum absolute atomic E-state index is 12.6. The molecule has 1 saturated heterocycles. The highest BCUT2D eigenvalue weighted by Crippen LogP contribution is 2.16. The number of Topliss-reactive ketones (excluding diaryl/α,β-unsaturated/α-hetero) is 1. The van der Waals surface area contributed by atoms with E-state index in [4.69, 9.17) is 5.73 Å². The van der Waals surface area contributed by atoms with Crippen molar-refractivity contribution in [2.75, 3.05) is 6.54 Å². The molecule has 0 aliphatic carbocycles. The zero-order valence-corrected chi connectivity index (χ0v) is 5.88. The molecule has 0 saturated carbocycles. The van der Waals surface area contributed by atoms with Crippen LogP contribution in [0.5, 0.6) is 0 Å². The summed E-state index contributed by atoms with van der Waals surface area (Å²) >= 11 is 0. The number of halogens is 1. The molecule has 0 bridgehead atoms. The zero-order valence-electron chi connectivity index (χ0n) is 5.88. The second-order valence-electron chi connectivity index (χ2n) is 2.70. The Morgan fingerprint density at radius 3 is 2.60 bits per heavy atom. The van der Waals surface area contributed by atoms with Crippen molar-refractivity contribution in [2.24, 2.45) is 5.73 Å². The first kappa shape index (κ1) is 7.63. The standard InChI is InChI=1S/C6H11FN2O/c1-4(10)6-2-5(8)3-9(6)7/h5-6H,2-3,8H2,1H3/t5?,6-/m0/s1. The summed E-state index contributed by atoms with van der Waals surface area (Å²) in [6.45, 7) is 1.57. The van der Waals surface area contributed by atoms with Crippen LogP contribution in [-0.2, 0) is 4.79 Å². The highest BCUT2D eigenvalue weighted by Gasteiger charge is 2.33. The minimum Gasteiger partial charge on any atom is -0.326 e. The predicted molar refractivity (Wildman–Crippen MR) is 34.9 cm³/mol. The van der Waals surface area contributed by atoms with Gasteiger partial charge in [-0.05, 0) is 13.3 Å². The molecule has 1 aliphatic heterocycles. The largest absolute Gasteiger partial charge is 0.326 e. The molecule has 1 rings (SSSR count). The van der Waals surface area contributed by atoms with Crippen LogP contribution in [0.1, 0.15) is 13.3 Å². The Bertz CT molecular complexity index is 151. The van der Waals surface area contributed by atoms with Crippen LogP contribution in [0, 0.1) is 0 Å². The average Bonchev–Trinajstić information content (AvgIpc) is 2.10. The Morgan fingerprint density at radius 2 is 2.40 bits per heavy atom. The van der Waals surface area contributed by atoms with Gasteiger partial charge < -0.3 is 5.73 Å². The molecule has 0 radical (unpaired) electrons. The first-order chi connectivity index (χ1) is 4.61. The molecule has 1 unspecified atom stereocenters. The smallest absolute Gasteiger partial charge is 0.149 e. The third kappa shape index (κ3) is 1.33. The van der Waals surface area contributed by atoms with Gasteiger partial charge in [0.05, 0.1) is 6.04 Å². The number of nitrogens with zero attached hydrogens (tertiary/aromatic N) is 1. The van der Waals surface area contributed by atoms with Crippen LogP contribution < -0.4 is 5.73 Å². The summed E-state index contributed by atoms with van der Waals surface area (Å²) in [4.78, 5) is 10.7. The van der Waals surface area contributed by atoms with E-state index in [0.717, 1.165) is 0 Å². The molecule has 0 aromatic carbocycles. The van der Waals surface area contributed by atoms with Gasteiger partial charge in [-0.3, -0.25) is 4.79 Å². The molecule has 0 aromatic rings. The van der Waals surface area contributed by atoms with Crippen LogP contribution in [0.3, 0.4) is 0 Å². The van der Waals surface area contributed by atoms with E-state index in [1.165, 1.54) is 6.92 Å². The summed E-state index contributed by atoms with van der Waals surface area (Å²) in [5.74, 6) is -0.143. The lowest BCUT2D eigenvalue weighted by molar-refractivity contribution is -0.126. The van der Waals surface area contributed by atoms with Gasteiger partial charge in [0.1, 0.15) is 5.78 Å². The van der Waals surface area contributed by atoms with Crippen molar-refractivity contribution in [3.05, 3.63) is 0 Å². The topological polar surface area (TPSA) is 46.3 Å². The molecule has 1 heterocycles. The maximum atomic E-state index is 12.6. The van der Waals surface area contributed by atoms with E-state index in [1.807, 2.05) is 0 Å². The van der Waals surface area contributed by atoms with E-state index in [9.17, 15) is 9.28 Å². The van der Waals surface area contributed by atoms with Gasteiger partial charge in [-0.1, -0.05) is 0 Å². The Labute approximate surface area is 58.9 Å². The van der Waals surface area contributed by atoms with Crippen LogP contribution in [0.4, 0.5) is 4.48 Å². The van der Waals surface area contributed by atoms with E-state index >= 15 is 0 Å². The fourth-order valence-electron chi connectivity index (χ4n) is 1.19. The lowest BCUT2D eigenvalue weighted by Crippen LogP contribution is -2.27. The van der Waals surface area contributed by atoms with Gasteiger partial charge >= 0.3 is 0 Å². The third-order valence-corrected chi connectivity index (χ3v) is 1.74. The highest BCUT2D eigenvalue weighted by atomic mass is 19.2. The van der Waals surface area contributed by atoms with Crippen LogP contribution in [0.2, 0.25) is 0 Å². The van der Waals surface area contributed by atoms with Crippen LogP contribution >= 0.6 is 0 Å². The van der Waals surface area contributed by atoms with Gasteiger partial charge in [0, 0.05) is 12.6 Å². The number of nitrogens with two attached hydrogens (primary N) is 1. The quantitative estimate of drug-likeness (QED) is 0.524. The van der Waals surface area contributed by atoms with Gasteiger partial charge in [-0.15, -0.1) is 9.60 Å². The van der Waals surface area contributed by atoms with Crippen LogP contribution in [0.25, 0.3) is 0 Å². The Kier molecular flexibility index (Phi) is 2.01. The second-order valence-corrected chi connectivity index (χ2v) is 2.70. The van der Waals surface area contributed by atoms with Crippen molar-refractivity contribution >= 4 is 5.78 Å². The molecule has 0 amide bonds. The molecule has 10 heavy (non-hydrogen) atoms. The molecule has 4 heteroatoms. The number of ketones is 1. The molecule has 0 aromatic heterocycles. The normalized spacial score (nSPS) is 34.7. The van der Waals surface area contributed by atoms with Crippen LogP contribution in [-0.4, -0.2) is 29.5 Å². The summed E-state index contributed by atoms with van der Waals surface area (Å²) < 4.78 is 12.6. The van der Waals surface area contributed by atoms with Crippen molar-refractivity contribution in [1.82, 2.24) is 5.12 Å². The van der Waals surface area contributed by atoms with E-state index in [0.29, 0.717) is 11.5 Å². The van der Waals surface area contributed by atoms with Crippen molar-refractivity contribution in [1.29, 1.82) is 0 Å². The lowest BCUT2D eigenvalue weighted by atomic mass is 10.1. The number of hydrogen-bond donors (Lipinski definition) is 1. The molecule has 1 fully saturated rings. The zero-order chi connectivity index (χ0) is 7.72. The highest BCUT2D eigenvalue weighted by molar-refractivity contribution is 5.81. The fraction of sp³-hybridized carbons (Fsp3) is 0.833. The molecular weight excluding hydrogens is 135 g/mol. The molecule has 2 N–H and O–H groups in total. The maximum Gasteiger partial charge on any atom is 0.149 e. The number of carbonyl (C=O) groups is 1. The van der Waals surface area contributed by atoms with E-state index < -0.39 is 6.04 Å². The fourth-order valence-corrected chi connectivity index (χ4v) is 1.19. The number of hydrogen-bond acceptors (Lipinski definition) is 3. The van der Waals surface area contributed by atoms with E-state index in [-0.39, 0.29) is 18.4 Å². The van der Waals surface area contributed by atoms with Crippen molar-refractivity contribution in [2.45, 2.75) is 25.4 Å². The molecule has 2 atom stereocenters. The van der Waals surface area contributed by atoms with Crippen molar-refractivity contribution < 1.29 is 9.28 Å². The molecule has 3 nitrogen and oxygen atoms in total. The Morgan fingerprint density at radius 1 is 1.80 bits per heavy atom. The van der Waals surface area contributed by atoms with Crippen molar-refractivity contribution in [3.63, 3.8) is 0 Å². The van der Waals surface area contributed by atoms with Gasteiger partial charge in [0.2, 0.25) is 0 Å². The number of rotatable bonds is 1. The minimum absolute atomic E-state index is 0.143. The van der Waals surface area contributed by atoms with Crippen molar-refractivity contribution in [3.8, 4) is 0 Å². The van der Waals surface area contributed by atoms with Gasteiger partial charge in [0.15, 0.2) is 0 Å². The molecule has 1 aliphatic rings. The van der Waals surface area contributed by atoms with Gasteiger partial charge in [0.25, 0.3) is 0 Å². The predicted octanol–water partition coefficient (Wildman–Crippen LogP) is -0.139. The Hall–Kier alpha value is -0.480. The average molecular weight is 146 g/mol. The first-order valence-electron chi connectivity index (χ1n) is 3.29. The molecular formula is C6H11FN2O. The molecule has 58 valence electrons. The summed E-state index contributed by atoms with van der Waals surface area (Å²) in [7, 11) is 0. The lowest BCUT2D eigenvalue weighted by Gasteiger charge is -2.09. The summed E-state index contributed by atoms with van der Waals surface area (Å²) in [5.41, 5.74) is 5.42. The second kappa shape index (κ2) is 2.64. The monoisotopic (exact) mass is 146 g/mol. The van der Waals surface area contributed by atoms with Gasteiger partial charge in [-0.2, -0.15) is 0 Å². The number of carbonyl (C=O) groups excluding carboxylic acids is 1. The third-order valence-electron chi connectivity index (χ3n) is 1.74. The summed E-state index contributed by atoms with van der Waals surface area (Å²) in [6, 6.07) is -0.770. The molecule has 0 spiro atoms. The van der Waals surface area contributed by atoms with Crippen LogP contribution in [0.15, 0.2) is 0 Å². The van der Waals surface area contributed by atoms with E-state index in [1.54, 1.807) is 0 Å². The Balaban J connectivity index is 2.54.